The molecule has 18 nitrogen and oxygen atoms in total. The number of nitrogens with one attached hydrogen (secondary N) is 2. The lowest BCUT2D eigenvalue weighted by Gasteiger charge is -2.26. The largest absolute Gasteiger partial charge is 0.494 e. The van der Waals surface area contributed by atoms with Gasteiger partial charge in [0.1, 0.15) is 57.2 Å². The molecule has 24 heteroatoms. The lowest BCUT2D eigenvalue weighted by molar-refractivity contribution is -0.125. The third kappa shape index (κ3) is 16.5. The van der Waals surface area contributed by atoms with Crippen LogP contribution in [-0.2, 0) is 20.8 Å². The van der Waals surface area contributed by atoms with E-state index in [-0.39, 0.29) is 113 Å². The summed E-state index contributed by atoms with van der Waals surface area (Å²) in [6.07, 6.45) is -0.377. The van der Waals surface area contributed by atoms with Crippen molar-refractivity contribution in [3.63, 3.8) is 0 Å². The predicted octanol–water partition coefficient (Wildman–Crippen LogP) is 9.22. The minimum absolute atomic E-state index is 0. The van der Waals surface area contributed by atoms with Crippen molar-refractivity contribution in [3.05, 3.63) is 151 Å². The third-order valence-electron chi connectivity index (χ3n) is 12.1. The van der Waals surface area contributed by atoms with Crippen molar-refractivity contribution in [1.29, 1.82) is 0 Å². The van der Waals surface area contributed by atoms with Crippen LogP contribution in [0.25, 0.3) is 22.5 Å². The van der Waals surface area contributed by atoms with Gasteiger partial charge in [-0.2, -0.15) is 0 Å². The number of Topliss-reactive ketones (excluding diaryl/α,β-unsaturated/α-hetero) is 1. The minimum Gasteiger partial charge on any atom is -0.494 e. The summed E-state index contributed by atoms with van der Waals surface area (Å²) in [6.45, 7) is -0.388. The number of carbonyl (C=O) groups is 4. The first-order valence-corrected chi connectivity index (χ1v) is 24.8. The van der Waals surface area contributed by atoms with E-state index >= 15 is 0 Å². The number of halogens is 6. The molecule has 4 unspecified atom stereocenters. The quantitative estimate of drug-likeness (QED) is 0.0372. The van der Waals surface area contributed by atoms with Crippen molar-refractivity contribution >= 4 is 70.0 Å². The standard InChI is InChI=1S/C27H25Cl2FN2O6.C15H16ClFN2O3.C11H10ClNO4.3CH4/c1-37-22-6-7-24(32-25(22)16-2-4-19(30)17(28)13-16)27(36,14-33)10-8-20(34)15-3-5-21(18(29)12-15)38-23-9-11-31-26(23)35;1-22-12-4-5-13(15(21,7-18)8-20)19-14(12)9-2-3-11(17)10(16)6-9;12-7-5-6(11(15)16)1-2-8(7)17-9-3-4-13-10(9)14;;;/h2-7,12-13,23,33,36H,8-11,14H2,1H3,(H,31,35);2-6,20-21H,7-8,18H2,1H3;1-2,5,9H,3-4H2,(H,13,14)(H,15,16);3*1H4. The van der Waals surface area contributed by atoms with Gasteiger partial charge in [-0.1, -0.05) is 68.7 Å². The van der Waals surface area contributed by atoms with E-state index in [1.54, 1.807) is 12.1 Å². The molecule has 0 radical (unpaired) electrons. The number of carboxylic acids is 1. The molecule has 2 aliphatic heterocycles. The number of ketones is 1. The van der Waals surface area contributed by atoms with E-state index in [0.29, 0.717) is 60.0 Å². The van der Waals surface area contributed by atoms with Gasteiger partial charge in [0.25, 0.3) is 11.8 Å². The summed E-state index contributed by atoms with van der Waals surface area (Å²) in [5.41, 5.74) is 4.23. The summed E-state index contributed by atoms with van der Waals surface area (Å²) in [5, 5.41) is 55.2. The Hall–Kier alpha value is -6.72. The van der Waals surface area contributed by atoms with E-state index in [9.17, 15) is 48.4 Å². The fraction of sp³-hybridized carbons (Fsp3) is 0.321. The second-order valence-electron chi connectivity index (χ2n) is 17.2. The Morgan fingerprint density at radius 2 is 1.04 bits per heavy atom. The average molecular weight is 1190 g/mol. The molecule has 80 heavy (non-hydrogen) atoms. The number of pyridine rings is 2. The first kappa shape index (κ1) is 67.6. The summed E-state index contributed by atoms with van der Waals surface area (Å²) in [5.74, 6) is -1.56. The fourth-order valence-corrected chi connectivity index (χ4v) is 8.43. The van der Waals surface area contributed by atoms with Crippen LogP contribution < -0.4 is 35.3 Å². The average Bonchev–Trinajstić information content (AvgIpc) is 4.05. The Balaban J connectivity index is 0.000000340. The number of aliphatic hydroxyl groups excluding tert-OH is 2. The lowest BCUT2D eigenvalue weighted by atomic mass is 9.91. The molecular weight excluding hydrogens is 1130 g/mol. The highest BCUT2D eigenvalue weighted by atomic mass is 35.5. The zero-order chi connectivity index (χ0) is 56.2. The van der Waals surface area contributed by atoms with Gasteiger partial charge in [-0.3, -0.25) is 14.4 Å². The number of hydrogen-bond acceptors (Lipinski definition) is 15. The maximum absolute atomic E-state index is 13.7. The van der Waals surface area contributed by atoms with Gasteiger partial charge >= 0.3 is 5.97 Å². The van der Waals surface area contributed by atoms with Gasteiger partial charge in [0.15, 0.2) is 18.0 Å². The van der Waals surface area contributed by atoms with Gasteiger partial charge in [-0.25, -0.2) is 23.5 Å². The zero-order valence-electron chi connectivity index (χ0n) is 41.0. The maximum atomic E-state index is 13.7. The summed E-state index contributed by atoms with van der Waals surface area (Å²) in [4.78, 5) is 55.4. The highest BCUT2D eigenvalue weighted by Crippen LogP contribution is 2.37. The van der Waals surface area contributed by atoms with E-state index in [0.717, 1.165) is 0 Å². The molecule has 432 valence electrons. The fourth-order valence-electron chi connectivity index (χ4n) is 7.62. The molecule has 0 bridgehead atoms. The van der Waals surface area contributed by atoms with Crippen molar-refractivity contribution in [2.75, 3.05) is 47.1 Å². The molecule has 0 aliphatic carbocycles. The molecule has 0 saturated carbocycles. The summed E-state index contributed by atoms with van der Waals surface area (Å²) < 4.78 is 48.6. The number of aromatic carboxylic acids is 1. The van der Waals surface area contributed by atoms with Gasteiger partial charge in [0, 0.05) is 55.6 Å². The van der Waals surface area contributed by atoms with Gasteiger partial charge in [0.2, 0.25) is 0 Å². The highest BCUT2D eigenvalue weighted by Gasteiger charge is 2.34. The molecule has 2 saturated heterocycles. The molecule has 4 atom stereocenters. The van der Waals surface area contributed by atoms with E-state index in [2.05, 4.69) is 20.6 Å². The van der Waals surface area contributed by atoms with Crippen molar-refractivity contribution < 1.29 is 72.4 Å². The number of hydrogen-bond donors (Lipinski definition) is 8. The Morgan fingerprint density at radius 1 is 0.625 bits per heavy atom. The first-order valence-electron chi connectivity index (χ1n) is 23.3. The number of aromatic nitrogens is 2. The number of carbonyl (C=O) groups excluding carboxylic acids is 3. The van der Waals surface area contributed by atoms with E-state index in [1.807, 2.05) is 0 Å². The van der Waals surface area contributed by atoms with Crippen molar-refractivity contribution in [2.45, 2.75) is 71.4 Å². The van der Waals surface area contributed by atoms with Crippen molar-refractivity contribution in [1.82, 2.24) is 20.6 Å². The zero-order valence-corrected chi connectivity index (χ0v) is 44.0. The first-order chi connectivity index (χ1) is 36.7. The topological polar surface area (TPSA) is 282 Å². The summed E-state index contributed by atoms with van der Waals surface area (Å²) in [6, 6.07) is 22.9. The Bertz CT molecular complexity index is 3140. The van der Waals surface area contributed by atoms with Crippen LogP contribution in [0.5, 0.6) is 23.0 Å². The normalized spacial score (nSPS) is 15.7. The number of benzene rings is 4. The van der Waals surface area contributed by atoms with Crippen LogP contribution >= 0.6 is 46.4 Å². The number of rotatable bonds is 18. The maximum Gasteiger partial charge on any atom is 0.335 e. The number of aliphatic hydroxyl groups is 4. The molecule has 0 spiro atoms. The van der Waals surface area contributed by atoms with Gasteiger partial charge in [0.05, 0.1) is 64.5 Å². The van der Waals surface area contributed by atoms with E-state index < -0.39 is 54.2 Å². The van der Waals surface area contributed by atoms with Gasteiger partial charge < -0.3 is 60.8 Å². The molecule has 9 N–H and O–H groups in total. The molecule has 6 aromatic rings. The molecule has 2 aliphatic rings. The monoisotopic (exact) mass is 1190 g/mol. The molecule has 4 heterocycles. The highest BCUT2D eigenvalue weighted by molar-refractivity contribution is 6.33. The molecule has 4 aromatic carbocycles. The Morgan fingerprint density at radius 3 is 1.40 bits per heavy atom. The van der Waals surface area contributed by atoms with Crippen LogP contribution in [0.3, 0.4) is 0 Å². The number of carboxylic acid groups (broad SMARTS) is 1. The summed E-state index contributed by atoms with van der Waals surface area (Å²) >= 11 is 23.9. The lowest BCUT2D eigenvalue weighted by Crippen LogP contribution is -2.39. The second kappa shape index (κ2) is 30.2. The van der Waals surface area contributed by atoms with Gasteiger partial charge in [-0.15, -0.1) is 0 Å². The Labute approximate surface area is 481 Å². The van der Waals surface area contributed by atoms with E-state index in [1.165, 1.54) is 99.1 Å². The van der Waals surface area contributed by atoms with Gasteiger partial charge in [-0.05, 0) is 103 Å². The van der Waals surface area contributed by atoms with E-state index in [4.69, 9.17) is 76.2 Å². The minimum atomic E-state index is -1.86. The van der Waals surface area contributed by atoms with Crippen molar-refractivity contribution in [2.24, 2.45) is 5.73 Å². The second-order valence-corrected chi connectivity index (χ2v) is 18.9. The molecule has 2 amide bonds. The SMILES string of the molecule is C.C.C.COc1ccc(C(O)(CN)CO)nc1-c1ccc(F)c(Cl)c1.COc1ccc(C(O)(CO)CCC(=O)c2ccc(OC3CCNC3=O)c(Cl)c2)nc1-c1ccc(F)c(Cl)c1.O=C(O)c1ccc(OC2CCNC2=O)c(Cl)c1. The van der Waals surface area contributed by atoms with Crippen molar-refractivity contribution in [3.8, 4) is 45.5 Å². The van der Waals surface area contributed by atoms with Crippen LogP contribution in [0, 0.1) is 11.6 Å². The number of amides is 2. The molecular formula is C56H63Cl4F2N5O13. The number of methoxy groups -OCH3 is 2. The van der Waals surface area contributed by atoms with Crippen LogP contribution in [0.15, 0.2) is 97.1 Å². The van der Waals surface area contributed by atoms with Crippen LogP contribution in [0.2, 0.25) is 20.1 Å². The molecule has 2 fully saturated rings. The third-order valence-corrected chi connectivity index (χ3v) is 13.3. The number of nitrogens with two attached hydrogens (primary N) is 1. The smallest absolute Gasteiger partial charge is 0.335 e. The Kier molecular flexibility index (Phi) is 25.5. The molecule has 2 aromatic heterocycles. The number of ether oxygens (including phenoxy) is 4. The molecule has 8 rings (SSSR count). The van der Waals surface area contributed by atoms with Crippen LogP contribution in [-0.4, -0.2) is 118 Å². The predicted molar refractivity (Wildman–Crippen MR) is 301 cm³/mol. The van der Waals surface area contributed by atoms with Crippen LogP contribution in [0.4, 0.5) is 8.78 Å². The summed E-state index contributed by atoms with van der Waals surface area (Å²) in [7, 11) is 2.90. The number of nitrogens with zero attached hydrogens (tertiary/aromatic N) is 2. The van der Waals surface area contributed by atoms with Crippen LogP contribution in [0.1, 0.15) is 80.1 Å².